The Hall–Kier alpha value is -2.11. The molecule has 0 bridgehead atoms. The first-order chi connectivity index (χ1) is 12.6. The fourth-order valence-electron chi connectivity index (χ4n) is 2.71. The van der Waals surface area contributed by atoms with Gasteiger partial charge in [0.1, 0.15) is 0 Å². The summed E-state index contributed by atoms with van der Waals surface area (Å²) in [6.45, 7) is 1.93. The zero-order valence-electron chi connectivity index (χ0n) is 14.8. The van der Waals surface area contributed by atoms with Crippen LogP contribution in [-0.4, -0.2) is 37.6 Å². The molecular weight excluding hydrogens is 394 g/mol. The van der Waals surface area contributed by atoms with Gasteiger partial charge in [0.2, 0.25) is 6.79 Å². The molecule has 1 aliphatic rings. The van der Waals surface area contributed by atoms with Crippen LogP contribution < -0.4 is 9.47 Å². The van der Waals surface area contributed by atoms with Crippen molar-refractivity contribution in [3.8, 4) is 11.5 Å². The smallest absolute Gasteiger partial charge is 0.231 e. The molecule has 1 heterocycles. The predicted octanol–water partition coefficient (Wildman–Crippen LogP) is 4.32. The number of halogens is 1. The summed E-state index contributed by atoms with van der Waals surface area (Å²) in [5.74, 6) is 1.76. The fraction of sp³-hybridized carbons (Fsp3) is 0.286. The van der Waals surface area contributed by atoms with E-state index < -0.39 is 0 Å². The highest BCUT2D eigenvalue weighted by atomic mass is 79.9. The molecule has 0 aliphatic carbocycles. The lowest BCUT2D eigenvalue weighted by molar-refractivity contribution is -0.114. The summed E-state index contributed by atoms with van der Waals surface area (Å²) in [5.41, 5.74) is 2.22. The van der Waals surface area contributed by atoms with Crippen molar-refractivity contribution >= 4 is 27.8 Å². The third kappa shape index (κ3) is 5.19. The predicted molar refractivity (Wildman–Crippen MR) is 107 cm³/mol. The molecule has 0 radical (unpaired) electrons. The SMILES string of the molecule is CN(CCC(=O)/C=C/c1ccccc1Br)CCc1ccc2c(c1)OCO2. The number of hydrogen-bond donors (Lipinski definition) is 0. The van der Waals surface area contributed by atoms with Crippen molar-refractivity contribution in [2.45, 2.75) is 12.8 Å². The molecule has 136 valence electrons. The molecule has 0 saturated carbocycles. The lowest BCUT2D eigenvalue weighted by Crippen LogP contribution is -2.24. The number of fused-ring (bicyclic) bond motifs is 1. The maximum absolute atomic E-state index is 12.1. The molecule has 1 aliphatic heterocycles. The first-order valence-electron chi connectivity index (χ1n) is 8.64. The summed E-state index contributed by atoms with van der Waals surface area (Å²) >= 11 is 3.48. The van der Waals surface area contributed by atoms with Crippen molar-refractivity contribution < 1.29 is 14.3 Å². The zero-order valence-corrected chi connectivity index (χ0v) is 16.4. The Kier molecular flexibility index (Phi) is 6.47. The van der Waals surface area contributed by atoms with Crippen LogP contribution in [-0.2, 0) is 11.2 Å². The Balaban J connectivity index is 1.41. The summed E-state index contributed by atoms with van der Waals surface area (Å²) in [4.78, 5) is 14.3. The van der Waals surface area contributed by atoms with E-state index in [1.165, 1.54) is 5.56 Å². The van der Waals surface area contributed by atoms with Gasteiger partial charge < -0.3 is 14.4 Å². The van der Waals surface area contributed by atoms with Crippen LogP contribution in [0.4, 0.5) is 0 Å². The van der Waals surface area contributed by atoms with E-state index in [0.717, 1.165) is 41.0 Å². The van der Waals surface area contributed by atoms with Crippen molar-refractivity contribution in [3.05, 3.63) is 64.1 Å². The number of benzene rings is 2. The molecule has 0 amide bonds. The molecular formula is C21H22BrNO3. The molecule has 0 atom stereocenters. The van der Waals surface area contributed by atoms with Gasteiger partial charge in [-0.25, -0.2) is 0 Å². The van der Waals surface area contributed by atoms with Gasteiger partial charge in [0.25, 0.3) is 0 Å². The van der Waals surface area contributed by atoms with Gasteiger partial charge in [0.15, 0.2) is 17.3 Å². The number of ketones is 1. The third-order valence-electron chi connectivity index (χ3n) is 4.31. The summed E-state index contributed by atoms with van der Waals surface area (Å²) in [7, 11) is 2.04. The van der Waals surface area contributed by atoms with Gasteiger partial charge in [0.05, 0.1) is 0 Å². The number of ether oxygens (including phenoxy) is 2. The van der Waals surface area contributed by atoms with E-state index in [9.17, 15) is 4.79 Å². The van der Waals surface area contributed by atoms with Crippen LogP contribution in [0.1, 0.15) is 17.5 Å². The molecule has 0 fully saturated rings. The van der Waals surface area contributed by atoms with Gasteiger partial charge in [-0.3, -0.25) is 4.79 Å². The zero-order chi connectivity index (χ0) is 18.4. The van der Waals surface area contributed by atoms with Gasteiger partial charge in [-0.15, -0.1) is 0 Å². The van der Waals surface area contributed by atoms with Gasteiger partial charge in [-0.2, -0.15) is 0 Å². The molecule has 0 aromatic heterocycles. The van der Waals surface area contributed by atoms with Crippen LogP contribution in [0.3, 0.4) is 0 Å². The first-order valence-corrected chi connectivity index (χ1v) is 9.43. The normalized spacial score (nSPS) is 12.9. The Morgan fingerprint density at radius 2 is 1.96 bits per heavy atom. The lowest BCUT2D eigenvalue weighted by atomic mass is 10.1. The van der Waals surface area contributed by atoms with E-state index in [-0.39, 0.29) is 5.78 Å². The molecule has 4 nitrogen and oxygen atoms in total. The monoisotopic (exact) mass is 415 g/mol. The maximum Gasteiger partial charge on any atom is 0.231 e. The molecule has 0 N–H and O–H groups in total. The summed E-state index contributed by atoms with van der Waals surface area (Å²) in [6.07, 6.45) is 4.94. The van der Waals surface area contributed by atoms with Crippen LogP contribution in [0.15, 0.2) is 53.0 Å². The number of rotatable bonds is 8. The minimum Gasteiger partial charge on any atom is -0.454 e. The Labute approximate surface area is 162 Å². The van der Waals surface area contributed by atoms with E-state index in [1.54, 1.807) is 6.08 Å². The molecule has 26 heavy (non-hydrogen) atoms. The van der Waals surface area contributed by atoms with Crippen molar-refractivity contribution in [1.29, 1.82) is 0 Å². The maximum atomic E-state index is 12.1. The number of nitrogens with zero attached hydrogens (tertiary/aromatic N) is 1. The third-order valence-corrected chi connectivity index (χ3v) is 5.04. The Bertz CT molecular complexity index is 804. The average molecular weight is 416 g/mol. The van der Waals surface area contributed by atoms with Crippen LogP contribution in [0, 0.1) is 0 Å². The second-order valence-electron chi connectivity index (χ2n) is 6.31. The Morgan fingerprint density at radius 1 is 1.15 bits per heavy atom. The second kappa shape index (κ2) is 9.01. The van der Waals surface area contributed by atoms with Crippen molar-refractivity contribution in [2.24, 2.45) is 0 Å². The van der Waals surface area contributed by atoms with Crippen LogP contribution >= 0.6 is 15.9 Å². The van der Waals surface area contributed by atoms with Crippen LogP contribution in [0.25, 0.3) is 6.08 Å². The molecule has 0 saturated heterocycles. The molecule has 2 aromatic rings. The van der Waals surface area contributed by atoms with E-state index >= 15 is 0 Å². The molecule has 0 unspecified atom stereocenters. The highest BCUT2D eigenvalue weighted by Crippen LogP contribution is 2.32. The largest absolute Gasteiger partial charge is 0.454 e. The highest BCUT2D eigenvalue weighted by Gasteiger charge is 2.13. The number of likely N-dealkylation sites (N-methyl/N-ethyl adjacent to an activating group) is 1. The summed E-state index contributed by atoms with van der Waals surface area (Å²) in [6, 6.07) is 13.9. The minimum absolute atomic E-state index is 0.135. The number of hydrogen-bond acceptors (Lipinski definition) is 4. The number of allylic oxidation sites excluding steroid dienone is 1. The van der Waals surface area contributed by atoms with E-state index in [0.29, 0.717) is 13.2 Å². The van der Waals surface area contributed by atoms with Crippen LogP contribution in [0.5, 0.6) is 11.5 Å². The lowest BCUT2D eigenvalue weighted by Gasteiger charge is -2.15. The molecule has 3 rings (SSSR count). The fourth-order valence-corrected chi connectivity index (χ4v) is 3.12. The van der Waals surface area contributed by atoms with Gasteiger partial charge in [-0.05, 0) is 48.9 Å². The van der Waals surface area contributed by atoms with Crippen LogP contribution in [0.2, 0.25) is 0 Å². The minimum atomic E-state index is 0.135. The van der Waals surface area contributed by atoms with E-state index in [2.05, 4.69) is 26.9 Å². The summed E-state index contributed by atoms with van der Waals surface area (Å²) in [5, 5.41) is 0. The van der Waals surface area contributed by atoms with Crippen molar-refractivity contribution in [1.82, 2.24) is 4.90 Å². The Morgan fingerprint density at radius 3 is 2.81 bits per heavy atom. The number of carbonyl (C=O) groups is 1. The standard InChI is InChI=1S/C21H22BrNO3/c1-23(12-10-16-6-9-20-21(14-16)26-15-25-20)13-11-18(24)8-7-17-4-2-3-5-19(17)22/h2-9,14H,10-13,15H2,1H3/b8-7+. The average Bonchev–Trinajstić information content (AvgIpc) is 3.12. The highest BCUT2D eigenvalue weighted by molar-refractivity contribution is 9.10. The van der Waals surface area contributed by atoms with Gasteiger partial charge in [-0.1, -0.05) is 46.3 Å². The topological polar surface area (TPSA) is 38.8 Å². The second-order valence-corrected chi connectivity index (χ2v) is 7.17. The van der Waals surface area contributed by atoms with Crippen molar-refractivity contribution in [2.75, 3.05) is 26.9 Å². The number of carbonyl (C=O) groups excluding carboxylic acids is 1. The first kappa shape index (κ1) is 18.7. The van der Waals surface area contributed by atoms with Crippen molar-refractivity contribution in [3.63, 3.8) is 0 Å². The molecule has 5 heteroatoms. The quantitative estimate of drug-likeness (QED) is 0.601. The van der Waals surface area contributed by atoms with E-state index in [4.69, 9.17) is 9.47 Å². The van der Waals surface area contributed by atoms with Gasteiger partial charge >= 0.3 is 0 Å². The van der Waals surface area contributed by atoms with E-state index in [1.807, 2.05) is 49.5 Å². The molecule has 0 spiro atoms. The molecule has 2 aromatic carbocycles. The summed E-state index contributed by atoms with van der Waals surface area (Å²) < 4.78 is 11.7. The van der Waals surface area contributed by atoms with Gasteiger partial charge in [0, 0.05) is 24.0 Å².